The van der Waals surface area contributed by atoms with Crippen molar-refractivity contribution in [2.45, 2.75) is 6.54 Å². The SMILES string of the molecule is OCCNCCNCc1cccc2ccccc12. The molecule has 96 valence electrons. The van der Waals surface area contributed by atoms with Crippen LogP contribution in [0.2, 0.25) is 0 Å². The Balaban J connectivity index is 1.88. The van der Waals surface area contributed by atoms with Crippen LogP contribution in [0.25, 0.3) is 10.8 Å². The minimum absolute atomic E-state index is 0.198. The van der Waals surface area contributed by atoms with E-state index in [1.54, 1.807) is 0 Å². The molecular formula is C15H20N2O. The van der Waals surface area contributed by atoms with Gasteiger partial charge in [-0.15, -0.1) is 0 Å². The van der Waals surface area contributed by atoms with Gasteiger partial charge in [0.15, 0.2) is 0 Å². The highest BCUT2D eigenvalue weighted by molar-refractivity contribution is 5.85. The Morgan fingerprint density at radius 2 is 1.61 bits per heavy atom. The number of rotatable bonds is 7. The number of hydrogen-bond donors (Lipinski definition) is 3. The maximum atomic E-state index is 8.64. The molecule has 0 saturated carbocycles. The molecule has 0 aliphatic carbocycles. The van der Waals surface area contributed by atoms with E-state index in [9.17, 15) is 0 Å². The third-order valence-corrected chi connectivity index (χ3v) is 2.96. The van der Waals surface area contributed by atoms with Gasteiger partial charge < -0.3 is 15.7 Å². The molecule has 2 aromatic rings. The van der Waals surface area contributed by atoms with Gasteiger partial charge in [0, 0.05) is 26.2 Å². The van der Waals surface area contributed by atoms with Crippen molar-refractivity contribution in [3.63, 3.8) is 0 Å². The molecule has 0 unspecified atom stereocenters. The molecule has 2 rings (SSSR count). The second kappa shape index (κ2) is 7.11. The molecule has 3 heteroatoms. The first kappa shape index (κ1) is 13.0. The third-order valence-electron chi connectivity index (χ3n) is 2.96. The highest BCUT2D eigenvalue weighted by atomic mass is 16.3. The van der Waals surface area contributed by atoms with Crippen molar-refractivity contribution in [3.05, 3.63) is 48.0 Å². The van der Waals surface area contributed by atoms with Crippen molar-refractivity contribution in [2.75, 3.05) is 26.2 Å². The first-order valence-corrected chi connectivity index (χ1v) is 6.41. The number of benzene rings is 2. The topological polar surface area (TPSA) is 44.3 Å². The monoisotopic (exact) mass is 244 g/mol. The highest BCUT2D eigenvalue weighted by Crippen LogP contribution is 2.17. The van der Waals surface area contributed by atoms with Gasteiger partial charge in [-0.05, 0) is 16.3 Å². The fraction of sp³-hybridized carbons (Fsp3) is 0.333. The first-order valence-electron chi connectivity index (χ1n) is 6.41. The normalized spacial score (nSPS) is 10.9. The van der Waals surface area contributed by atoms with Crippen LogP contribution in [0, 0.1) is 0 Å². The van der Waals surface area contributed by atoms with Crippen LogP contribution in [0.4, 0.5) is 0 Å². The molecular weight excluding hydrogens is 224 g/mol. The van der Waals surface area contributed by atoms with Gasteiger partial charge in [-0.3, -0.25) is 0 Å². The standard InChI is InChI=1S/C15H20N2O/c18-11-10-16-8-9-17-12-14-6-3-5-13-4-1-2-7-15(13)14/h1-7,16-18H,8-12H2. The quantitative estimate of drug-likeness (QED) is 0.647. The van der Waals surface area contributed by atoms with Crippen LogP contribution in [-0.2, 0) is 6.54 Å². The van der Waals surface area contributed by atoms with Crippen molar-refractivity contribution in [1.82, 2.24) is 10.6 Å². The van der Waals surface area contributed by atoms with E-state index in [1.165, 1.54) is 16.3 Å². The summed E-state index contributed by atoms with van der Waals surface area (Å²) in [6.45, 7) is 3.52. The van der Waals surface area contributed by atoms with E-state index < -0.39 is 0 Å². The molecule has 3 N–H and O–H groups in total. The summed E-state index contributed by atoms with van der Waals surface area (Å²) in [4.78, 5) is 0. The summed E-state index contributed by atoms with van der Waals surface area (Å²) in [5, 5.41) is 17.8. The number of fused-ring (bicyclic) bond motifs is 1. The Morgan fingerprint density at radius 3 is 2.50 bits per heavy atom. The molecule has 0 radical (unpaired) electrons. The van der Waals surface area contributed by atoms with E-state index in [0.29, 0.717) is 6.54 Å². The zero-order valence-corrected chi connectivity index (χ0v) is 10.5. The Kier molecular flexibility index (Phi) is 5.15. The zero-order valence-electron chi connectivity index (χ0n) is 10.5. The van der Waals surface area contributed by atoms with Crippen molar-refractivity contribution in [3.8, 4) is 0 Å². The molecule has 0 fully saturated rings. The second-order valence-corrected chi connectivity index (χ2v) is 4.29. The van der Waals surface area contributed by atoms with Crippen LogP contribution in [0.5, 0.6) is 0 Å². The lowest BCUT2D eigenvalue weighted by Crippen LogP contribution is -2.28. The molecule has 0 heterocycles. The Bertz CT molecular complexity index is 479. The van der Waals surface area contributed by atoms with E-state index in [2.05, 4.69) is 53.1 Å². The molecule has 0 atom stereocenters. The smallest absolute Gasteiger partial charge is 0.0555 e. The minimum Gasteiger partial charge on any atom is -0.395 e. The number of hydrogen-bond acceptors (Lipinski definition) is 3. The summed E-state index contributed by atoms with van der Waals surface area (Å²) in [7, 11) is 0. The van der Waals surface area contributed by atoms with Crippen molar-refractivity contribution in [2.24, 2.45) is 0 Å². The Morgan fingerprint density at radius 1 is 0.833 bits per heavy atom. The van der Waals surface area contributed by atoms with Crippen molar-refractivity contribution in [1.29, 1.82) is 0 Å². The van der Waals surface area contributed by atoms with Gasteiger partial charge in [-0.1, -0.05) is 42.5 Å². The Hall–Kier alpha value is -1.42. The molecule has 18 heavy (non-hydrogen) atoms. The average molecular weight is 244 g/mol. The largest absolute Gasteiger partial charge is 0.395 e. The predicted molar refractivity (Wildman–Crippen MR) is 75.6 cm³/mol. The lowest BCUT2D eigenvalue weighted by Gasteiger charge is -2.08. The first-order chi connectivity index (χ1) is 8.92. The molecule has 0 bridgehead atoms. The van der Waals surface area contributed by atoms with E-state index >= 15 is 0 Å². The van der Waals surface area contributed by atoms with Crippen LogP contribution in [0.1, 0.15) is 5.56 Å². The minimum atomic E-state index is 0.198. The highest BCUT2D eigenvalue weighted by Gasteiger charge is 1.99. The zero-order chi connectivity index (χ0) is 12.6. The van der Waals surface area contributed by atoms with E-state index in [0.717, 1.165) is 19.6 Å². The molecule has 0 spiro atoms. The van der Waals surface area contributed by atoms with Crippen LogP contribution < -0.4 is 10.6 Å². The maximum Gasteiger partial charge on any atom is 0.0555 e. The van der Waals surface area contributed by atoms with Gasteiger partial charge in [-0.2, -0.15) is 0 Å². The van der Waals surface area contributed by atoms with E-state index in [4.69, 9.17) is 5.11 Å². The van der Waals surface area contributed by atoms with E-state index in [-0.39, 0.29) is 6.61 Å². The fourth-order valence-corrected chi connectivity index (χ4v) is 2.05. The van der Waals surface area contributed by atoms with E-state index in [1.807, 2.05) is 0 Å². The molecule has 3 nitrogen and oxygen atoms in total. The summed E-state index contributed by atoms with van der Waals surface area (Å²) in [5.41, 5.74) is 1.33. The molecule has 0 aliphatic rings. The maximum absolute atomic E-state index is 8.64. The lowest BCUT2D eigenvalue weighted by molar-refractivity contribution is 0.292. The lowest BCUT2D eigenvalue weighted by atomic mass is 10.0. The van der Waals surface area contributed by atoms with Crippen molar-refractivity contribution >= 4 is 10.8 Å². The number of aliphatic hydroxyl groups is 1. The molecule has 0 aliphatic heterocycles. The van der Waals surface area contributed by atoms with Gasteiger partial charge >= 0.3 is 0 Å². The second-order valence-electron chi connectivity index (χ2n) is 4.29. The summed E-state index contributed by atoms with van der Waals surface area (Å²) in [6.07, 6.45) is 0. The fourth-order valence-electron chi connectivity index (χ4n) is 2.05. The van der Waals surface area contributed by atoms with Crippen LogP contribution in [0.15, 0.2) is 42.5 Å². The predicted octanol–water partition coefficient (Wildman–Crippen LogP) is 1.51. The summed E-state index contributed by atoms with van der Waals surface area (Å²) in [6, 6.07) is 14.9. The van der Waals surface area contributed by atoms with Gasteiger partial charge in [-0.25, -0.2) is 0 Å². The molecule has 0 aromatic heterocycles. The summed E-state index contributed by atoms with van der Waals surface area (Å²) >= 11 is 0. The Labute approximate surface area is 108 Å². The summed E-state index contributed by atoms with van der Waals surface area (Å²) in [5.74, 6) is 0. The molecule has 0 saturated heterocycles. The number of nitrogens with one attached hydrogen (secondary N) is 2. The van der Waals surface area contributed by atoms with Gasteiger partial charge in [0.05, 0.1) is 6.61 Å². The van der Waals surface area contributed by atoms with Crippen molar-refractivity contribution < 1.29 is 5.11 Å². The average Bonchev–Trinajstić information content (AvgIpc) is 2.43. The number of aliphatic hydroxyl groups excluding tert-OH is 1. The molecule has 0 amide bonds. The third kappa shape index (κ3) is 3.53. The van der Waals surface area contributed by atoms with Crippen LogP contribution >= 0.6 is 0 Å². The molecule has 2 aromatic carbocycles. The van der Waals surface area contributed by atoms with Crippen LogP contribution in [-0.4, -0.2) is 31.3 Å². The summed E-state index contributed by atoms with van der Waals surface area (Å²) < 4.78 is 0. The van der Waals surface area contributed by atoms with Gasteiger partial charge in [0.25, 0.3) is 0 Å². The van der Waals surface area contributed by atoms with Gasteiger partial charge in [0.1, 0.15) is 0 Å². The van der Waals surface area contributed by atoms with Gasteiger partial charge in [0.2, 0.25) is 0 Å². The van der Waals surface area contributed by atoms with Crippen LogP contribution in [0.3, 0.4) is 0 Å².